The van der Waals surface area contributed by atoms with Gasteiger partial charge in [0.05, 0.1) is 0 Å². The summed E-state index contributed by atoms with van der Waals surface area (Å²) < 4.78 is 2.15. The third-order valence-corrected chi connectivity index (χ3v) is 5.32. The average Bonchev–Trinajstić information content (AvgIpc) is 3.12. The van der Waals surface area contributed by atoms with Gasteiger partial charge in [0, 0.05) is 34.9 Å². The van der Waals surface area contributed by atoms with Crippen molar-refractivity contribution in [3.63, 3.8) is 0 Å². The molecule has 0 saturated heterocycles. The molecule has 4 heteroatoms. The highest BCUT2D eigenvalue weighted by atomic mass is 16.1. The Labute approximate surface area is 182 Å². The minimum absolute atomic E-state index is 0.0727. The maximum absolute atomic E-state index is 12.8. The van der Waals surface area contributed by atoms with Gasteiger partial charge in [0.2, 0.25) is 0 Å². The van der Waals surface area contributed by atoms with Crippen LogP contribution in [0.4, 0.5) is 5.69 Å². The number of fused-ring (bicyclic) bond motifs is 1. The largest absolute Gasteiger partial charge is 0.342 e. The van der Waals surface area contributed by atoms with Crippen LogP contribution >= 0.6 is 0 Å². The zero-order valence-corrected chi connectivity index (χ0v) is 17.6. The molecule has 0 radical (unpaired) electrons. The van der Waals surface area contributed by atoms with Crippen LogP contribution in [0.25, 0.3) is 17.0 Å². The Balaban J connectivity index is 1.69. The van der Waals surface area contributed by atoms with E-state index in [2.05, 4.69) is 34.2 Å². The Morgan fingerprint density at radius 1 is 1.03 bits per heavy atom. The van der Waals surface area contributed by atoms with Crippen molar-refractivity contribution in [3.05, 3.63) is 107 Å². The topological polar surface area (TPSA) is 57.8 Å². The number of benzene rings is 3. The van der Waals surface area contributed by atoms with Crippen LogP contribution in [0.1, 0.15) is 22.3 Å². The second kappa shape index (κ2) is 8.73. The van der Waals surface area contributed by atoms with E-state index in [4.69, 9.17) is 0 Å². The van der Waals surface area contributed by atoms with Crippen molar-refractivity contribution < 1.29 is 4.79 Å². The quantitative estimate of drug-likeness (QED) is 0.334. The number of aromatic nitrogens is 1. The number of rotatable bonds is 5. The lowest BCUT2D eigenvalue weighted by molar-refractivity contribution is -0.112. The van der Waals surface area contributed by atoms with Gasteiger partial charge in [0.15, 0.2) is 0 Å². The smallest absolute Gasteiger partial charge is 0.266 e. The lowest BCUT2D eigenvalue weighted by Crippen LogP contribution is -2.14. The first kappa shape index (κ1) is 20.2. The molecule has 0 saturated carbocycles. The zero-order chi connectivity index (χ0) is 21.8. The summed E-state index contributed by atoms with van der Waals surface area (Å²) in [6.45, 7) is 4.62. The second-order valence-corrected chi connectivity index (χ2v) is 7.66. The van der Waals surface area contributed by atoms with Gasteiger partial charge in [-0.1, -0.05) is 60.7 Å². The van der Waals surface area contributed by atoms with Crippen LogP contribution in [0.3, 0.4) is 0 Å². The lowest BCUT2D eigenvalue weighted by Gasteiger charge is -2.08. The van der Waals surface area contributed by atoms with Crippen LogP contribution in [-0.4, -0.2) is 10.5 Å². The number of hydrogen-bond acceptors (Lipinski definition) is 2. The number of hydrogen-bond donors (Lipinski definition) is 1. The summed E-state index contributed by atoms with van der Waals surface area (Å²) in [5, 5.41) is 13.6. The predicted octanol–water partition coefficient (Wildman–Crippen LogP) is 5.85. The first-order valence-corrected chi connectivity index (χ1v) is 10.2. The number of carbonyl (C=O) groups excluding carboxylic acids is 1. The first-order valence-electron chi connectivity index (χ1n) is 10.2. The number of carbonyl (C=O) groups is 1. The molecule has 1 amide bonds. The summed E-state index contributed by atoms with van der Waals surface area (Å²) in [5.41, 5.74) is 5.89. The molecule has 1 N–H and O–H groups in total. The van der Waals surface area contributed by atoms with Crippen molar-refractivity contribution in [2.75, 3.05) is 5.32 Å². The van der Waals surface area contributed by atoms with Crippen molar-refractivity contribution in [1.29, 1.82) is 5.26 Å². The summed E-state index contributed by atoms with van der Waals surface area (Å²) in [6, 6.07) is 26.2. The zero-order valence-electron chi connectivity index (χ0n) is 17.6. The fourth-order valence-electron chi connectivity index (χ4n) is 3.67. The van der Waals surface area contributed by atoms with E-state index in [1.165, 1.54) is 5.56 Å². The number of anilines is 1. The molecule has 4 rings (SSSR count). The molecule has 4 aromatic rings. The number of amides is 1. The van der Waals surface area contributed by atoms with E-state index < -0.39 is 5.91 Å². The van der Waals surface area contributed by atoms with Gasteiger partial charge in [-0.15, -0.1) is 0 Å². The van der Waals surface area contributed by atoms with Crippen molar-refractivity contribution in [1.82, 2.24) is 4.57 Å². The Morgan fingerprint density at radius 2 is 1.77 bits per heavy atom. The Morgan fingerprint density at radius 3 is 2.55 bits per heavy atom. The monoisotopic (exact) mass is 405 g/mol. The second-order valence-electron chi connectivity index (χ2n) is 7.66. The Hall–Kier alpha value is -4.10. The maximum atomic E-state index is 12.8. The van der Waals surface area contributed by atoms with Crippen molar-refractivity contribution in [3.8, 4) is 6.07 Å². The van der Waals surface area contributed by atoms with Crippen molar-refractivity contribution >= 4 is 28.6 Å². The number of nitrogens with one attached hydrogen (secondary N) is 1. The first-order chi connectivity index (χ1) is 15.0. The van der Waals surface area contributed by atoms with Crippen LogP contribution in [0.5, 0.6) is 0 Å². The van der Waals surface area contributed by atoms with E-state index in [9.17, 15) is 10.1 Å². The molecule has 0 aliphatic rings. The molecule has 0 bridgehead atoms. The van der Waals surface area contributed by atoms with Crippen LogP contribution in [0.2, 0.25) is 0 Å². The van der Waals surface area contributed by atoms with Crippen LogP contribution in [-0.2, 0) is 11.3 Å². The molecule has 152 valence electrons. The predicted molar refractivity (Wildman–Crippen MR) is 126 cm³/mol. The highest BCUT2D eigenvalue weighted by molar-refractivity contribution is 6.11. The summed E-state index contributed by atoms with van der Waals surface area (Å²) >= 11 is 0. The van der Waals surface area contributed by atoms with Gasteiger partial charge in [-0.3, -0.25) is 4.79 Å². The number of nitrogens with zero attached hydrogens (tertiary/aromatic N) is 2. The van der Waals surface area contributed by atoms with Crippen molar-refractivity contribution in [2.45, 2.75) is 20.4 Å². The molecule has 0 aliphatic heterocycles. The molecule has 3 aromatic carbocycles. The summed E-state index contributed by atoms with van der Waals surface area (Å²) in [5.74, 6) is -0.406. The molecule has 31 heavy (non-hydrogen) atoms. The van der Waals surface area contributed by atoms with Crippen molar-refractivity contribution in [2.24, 2.45) is 0 Å². The minimum Gasteiger partial charge on any atom is -0.342 e. The number of aryl methyl sites for hydroxylation is 2. The molecule has 0 spiro atoms. The molecule has 0 aliphatic carbocycles. The summed E-state index contributed by atoms with van der Waals surface area (Å²) in [7, 11) is 0. The molecule has 1 aromatic heterocycles. The molecule has 0 atom stereocenters. The van der Waals surface area contributed by atoms with Crippen LogP contribution < -0.4 is 5.32 Å². The van der Waals surface area contributed by atoms with Gasteiger partial charge in [0.25, 0.3) is 5.91 Å². The van der Waals surface area contributed by atoms with Gasteiger partial charge in [-0.05, 0) is 48.7 Å². The van der Waals surface area contributed by atoms with Gasteiger partial charge in [0.1, 0.15) is 11.6 Å². The number of para-hydroxylation sites is 1. The molecular formula is C27H23N3O. The van der Waals surface area contributed by atoms with Gasteiger partial charge < -0.3 is 9.88 Å². The highest BCUT2D eigenvalue weighted by Crippen LogP contribution is 2.25. The van der Waals surface area contributed by atoms with E-state index in [-0.39, 0.29) is 5.57 Å². The minimum atomic E-state index is -0.406. The van der Waals surface area contributed by atoms with Gasteiger partial charge in [-0.25, -0.2) is 0 Å². The fourth-order valence-corrected chi connectivity index (χ4v) is 3.67. The normalized spacial score (nSPS) is 11.3. The molecule has 4 nitrogen and oxygen atoms in total. The van der Waals surface area contributed by atoms with E-state index in [0.29, 0.717) is 6.54 Å². The maximum Gasteiger partial charge on any atom is 0.266 e. The van der Waals surface area contributed by atoms with E-state index in [1.807, 2.05) is 74.6 Å². The fraction of sp³-hybridized carbons (Fsp3) is 0.111. The van der Waals surface area contributed by atoms with E-state index in [1.54, 1.807) is 6.08 Å². The third-order valence-electron chi connectivity index (χ3n) is 5.32. The average molecular weight is 406 g/mol. The Bertz CT molecular complexity index is 1320. The molecular weight excluding hydrogens is 382 g/mol. The number of nitriles is 1. The summed E-state index contributed by atoms with van der Waals surface area (Å²) in [4.78, 5) is 12.8. The SMILES string of the molecule is Cc1ccc(C)c(NC(=O)/C(C#N)=C/c2cn(Cc3ccccc3)c3ccccc23)c1. The Kier molecular flexibility index (Phi) is 5.68. The lowest BCUT2D eigenvalue weighted by atomic mass is 10.1. The molecule has 0 unspecified atom stereocenters. The highest BCUT2D eigenvalue weighted by Gasteiger charge is 2.14. The summed E-state index contributed by atoms with van der Waals surface area (Å²) in [6.07, 6.45) is 3.67. The van der Waals surface area contributed by atoms with E-state index >= 15 is 0 Å². The molecule has 1 heterocycles. The van der Waals surface area contributed by atoms with Crippen LogP contribution in [0, 0.1) is 25.2 Å². The standard InChI is InChI=1S/C27H23N3O/c1-19-12-13-20(2)25(14-19)29-27(31)22(16-28)15-23-18-30(17-21-8-4-3-5-9-21)26-11-7-6-10-24(23)26/h3-15,18H,17H2,1-2H3,(H,29,31)/b22-15+. The van der Waals surface area contributed by atoms with Gasteiger partial charge >= 0.3 is 0 Å². The van der Waals surface area contributed by atoms with Gasteiger partial charge in [-0.2, -0.15) is 5.26 Å². The van der Waals surface area contributed by atoms with Crippen LogP contribution in [0.15, 0.2) is 84.6 Å². The van der Waals surface area contributed by atoms with E-state index in [0.717, 1.165) is 33.3 Å². The third kappa shape index (κ3) is 4.41. The molecule has 0 fully saturated rings.